The van der Waals surface area contributed by atoms with Crippen molar-refractivity contribution in [3.63, 3.8) is 0 Å². The van der Waals surface area contributed by atoms with E-state index in [1.165, 1.54) is 12.4 Å². The van der Waals surface area contributed by atoms with Crippen LogP contribution in [-0.4, -0.2) is 9.97 Å². The Balaban J connectivity index is 2.38. The predicted octanol–water partition coefficient (Wildman–Crippen LogP) is 1.91. The van der Waals surface area contributed by atoms with Gasteiger partial charge in [0.25, 0.3) is 5.88 Å². The maximum atomic E-state index is 11.3. The standard InChI is InChI=1S/C10H8BrN3O2/c11-7-2-1-6(12)5-8(7)16-10-9(15)13-3-4-14-10/h1-5H,12H2,(H,13,15). The number of aromatic nitrogens is 2. The van der Waals surface area contributed by atoms with Crippen molar-refractivity contribution in [2.75, 3.05) is 5.73 Å². The minimum atomic E-state index is -0.392. The van der Waals surface area contributed by atoms with Crippen LogP contribution in [0.15, 0.2) is 39.9 Å². The summed E-state index contributed by atoms with van der Waals surface area (Å²) < 4.78 is 6.04. The fourth-order valence-electron chi connectivity index (χ4n) is 1.11. The SMILES string of the molecule is Nc1ccc(Br)c(Oc2ncc[nH]c2=O)c1. The Morgan fingerprint density at radius 2 is 2.25 bits per heavy atom. The lowest BCUT2D eigenvalue weighted by molar-refractivity contribution is 0.452. The molecule has 5 nitrogen and oxygen atoms in total. The molecule has 1 aromatic carbocycles. The fraction of sp³-hybridized carbons (Fsp3) is 0. The Labute approximate surface area is 99.4 Å². The van der Waals surface area contributed by atoms with E-state index in [1.54, 1.807) is 18.2 Å². The summed E-state index contributed by atoms with van der Waals surface area (Å²) in [5.74, 6) is 0.429. The number of aromatic amines is 1. The molecule has 2 aromatic rings. The summed E-state index contributed by atoms with van der Waals surface area (Å²) in [4.78, 5) is 17.6. The number of benzene rings is 1. The number of nitrogen functional groups attached to an aromatic ring is 1. The van der Waals surface area contributed by atoms with Gasteiger partial charge in [-0.3, -0.25) is 4.79 Å². The zero-order valence-electron chi connectivity index (χ0n) is 8.11. The summed E-state index contributed by atoms with van der Waals surface area (Å²) >= 11 is 3.29. The second-order valence-electron chi connectivity index (χ2n) is 3.02. The Kier molecular flexibility index (Phi) is 2.91. The molecule has 0 saturated carbocycles. The molecule has 0 amide bonds. The molecular formula is C10H8BrN3O2. The Morgan fingerprint density at radius 1 is 1.44 bits per heavy atom. The van der Waals surface area contributed by atoms with E-state index in [4.69, 9.17) is 10.5 Å². The number of anilines is 1. The topological polar surface area (TPSA) is 81.0 Å². The maximum Gasteiger partial charge on any atom is 0.311 e. The molecule has 82 valence electrons. The van der Waals surface area contributed by atoms with Crippen LogP contribution in [0.5, 0.6) is 11.6 Å². The molecule has 0 radical (unpaired) electrons. The minimum Gasteiger partial charge on any atom is -0.433 e. The number of nitrogens with one attached hydrogen (secondary N) is 1. The van der Waals surface area contributed by atoms with Gasteiger partial charge in [0.1, 0.15) is 5.75 Å². The second kappa shape index (κ2) is 4.36. The van der Waals surface area contributed by atoms with Gasteiger partial charge in [-0.2, -0.15) is 0 Å². The lowest BCUT2D eigenvalue weighted by Crippen LogP contribution is -2.09. The number of hydrogen-bond acceptors (Lipinski definition) is 4. The van der Waals surface area contributed by atoms with Gasteiger partial charge >= 0.3 is 5.56 Å². The number of nitrogens with two attached hydrogens (primary N) is 1. The van der Waals surface area contributed by atoms with Crippen LogP contribution in [0.3, 0.4) is 0 Å². The van der Waals surface area contributed by atoms with Crippen molar-refractivity contribution in [3.05, 3.63) is 45.4 Å². The lowest BCUT2D eigenvalue weighted by Gasteiger charge is -2.06. The van der Waals surface area contributed by atoms with E-state index in [2.05, 4.69) is 25.9 Å². The highest BCUT2D eigenvalue weighted by molar-refractivity contribution is 9.10. The first-order valence-electron chi connectivity index (χ1n) is 4.43. The van der Waals surface area contributed by atoms with Gasteiger partial charge in [-0.1, -0.05) is 0 Å². The molecule has 0 atom stereocenters. The molecule has 6 heteroatoms. The molecule has 16 heavy (non-hydrogen) atoms. The van der Waals surface area contributed by atoms with E-state index in [9.17, 15) is 4.79 Å². The second-order valence-corrected chi connectivity index (χ2v) is 3.87. The molecule has 0 saturated heterocycles. The lowest BCUT2D eigenvalue weighted by atomic mass is 10.3. The van der Waals surface area contributed by atoms with Gasteiger partial charge in [0.2, 0.25) is 0 Å². The van der Waals surface area contributed by atoms with Gasteiger partial charge in [0, 0.05) is 24.1 Å². The average molecular weight is 282 g/mol. The third kappa shape index (κ3) is 2.22. The number of ether oxygens (including phenoxy) is 1. The summed E-state index contributed by atoms with van der Waals surface area (Å²) in [6, 6.07) is 5.07. The number of H-pyrrole nitrogens is 1. The number of nitrogens with zero attached hydrogens (tertiary/aromatic N) is 1. The van der Waals surface area contributed by atoms with E-state index in [0.717, 1.165) is 0 Å². The maximum absolute atomic E-state index is 11.3. The molecule has 0 aliphatic carbocycles. The molecule has 1 aromatic heterocycles. The Bertz CT molecular complexity index is 568. The Morgan fingerprint density at radius 3 is 3.00 bits per heavy atom. The summed E-state index contributed by atoms with van der Waals surface area (Å²) in [7, 11) is 0. The van der Waals surface area contributed by atoms with Crippen LogP contribution >= 0.6 is 15.9 Å². The van der Waals surface area contributed by atoms with Crippen LogP contribution in [0.25, 0.3) is 0 Å². The molecule has 2 rings (SSSR count). The van der Waals surface area contributed by atoms with Crippen molar-refractivity contribution in [1.29, 1.82) is 0 Å². The molecule has 3 N–H and O–H groups in total. The highest BCUT2D eigenvalue weighted by atomic mass is 79.9. The molecule has 0 fully saturated rings. The summed E-state index contributed by atoms with van der Waals surface area (Å²) in [5.41, 5.74) is 5.77. The third-order valence-electron chi connectivity index (χ3n) is 1.84. The quantitative estimate of drug-likeness (QED) is 0.824. The van der Waals surface area contributed by atoms with Crippen LogP contribution in [-0.2, 0) is 0 Å². The van der Waals surface area contributed by atoms with Gasteiger partial charge in [-0.05, 0) is 28.1 Å². The summed E-state index contributed by atoms with van der Waals surface area (Å²) in [6.07, 6.45) is 2.88. The third-order valence-corrected chi connectivity index (χ3v) is 2.49. The van der Waals surface area contributed by atoms with Gasteiger partial charge in [0.05, 0.1) is 4.47 Å². The van der Waals surface area contributed by atoms with E-state index in [1.807, 2.05) is 0 Å². The first kappa shape index (κ1) is 10.7. The largest absolute Gasteiger partial charge is 0.433 e. The minimum absolute atomic E-state index is 0.0196. The molecule has 0 aliphatic rings. The van der Waals surface area contributed by atoms with Crippen molar-refractivity contribution in [2.24, 2.45) is 0 Å². The number of hydrogen-bond donors (Lipinski definition) is 2. The highest BCUT2D eigenvalue weighted by Crippen LogP contribution is 2.29. The molecule has 0 bridgehead atoms. The van der Waals surface area contributed by atoms with Crippen LogP contribution in [0.2, 0.25) is 0 Å². The van der Waals surface area contributed by atoms with Gasteiger partial charge < -0.3 is 15.5 Å². The van der Waals surface area contributed by atoms with Crippen LogP contribution in [0.4, 0.5) is 5.69 Å². The first-order valence-corrected chi connectivity index (χ1v) is 5.22. The first-order chi connectivity index (χ1) is 7.66. The number of rotatable bonds is 2. The van der Waals surface area contributed by atoms with Crippen molar-refractivity contribution in [2.45, 2.75) is 0 Å². The molecule has 1 heterocycles. The van der Waals surface area contributed by atoms with Crippen molar-refractivity contribution in [1.82, 2.24) is 9.97 Å². The van der Waals surface area contributed by atoms with E-state index in [0.29, 0.717) is 15.9 Å². The smallest absolute Gasteiger partial charge is 0.311 e. The van der Waals surface area contributed by atoms with Crippen molar-refractivity contribution >= 4 is 21.6 Å². The molecule has 0 spiro atoms. The monoisotopic (exact) mass is 281 g/mol. The predicted molar refractivity (Wildman–Crippen MR) is 63.5 cm³/mol. The molecule has 0 unspecified atom stereocenters. The average Bonchev–Trinajstić information content (AvgIpc) is 2.27. The van der Waals surface area contributed by atoms with Crippen molar-refractivity contribution < 1.29 is 4.74 Å². The summed E-state index contributed by atoms with van der Waals surface area (Å²) in [6.45, 7) is 0. The van der Waals surface area contributed by atoms with Gasteiger partial charge in [-0.15, -0.1) is 0 Å². The zero-order chi connectivity index (χ0) is 11.5. The van der Waals surface area contributed by atoms with Gasteiger partial charge in [0.15, 0.2) is 0 Å². The van der Waals surface area contributed by atoms with Crippen LogP contribution < -0.4 is 16.0 Å². The van der Waals surface area contributed by atoms with E-state index >= 15 is 0 Å². The van der Waals surface area contributed by atoms with E-state index < -0.39 is 5.56 Å². The molecule has 0 aliphatic heterocycles. The zero-order valence-corrected chi connectivity index (χ0v) is 9.69. The van der Waals surface area contributed by atoms with E-state index in [-0.39, 0.29) is 5.88 Å². The molecular weight excluding hydrogens is 274 g/mol. The number of halogens is 1. The van der Waals surface area contributed by atoms with Crippen molar-refractivity contribution in [3.8, 4) is 11.6 Å². The summed E-state index contributed by atoms with van der Waals surface area (Å²) in [5, 5.41) is 0. The van der Waals surface area contributed by atoms with Crippen LogP contribution in [0.1, 0.15) is 0 Å². The van der Waals surface area contributed by atoms with Gasteiger partial charge in [-0.25, -0.2) is 4.98 Å². The van der Waals surface area contributed by atoms with Crippen LogP contribution in [0, 0.1) is 0 Å². The fourth-order valence-corrected chi connectivity index (χ4v) is 1.44. The Hall–Kier alpha value is -1.82. The normalized spacial score (nSPS) is 10.1. The highest BCUT2D eigenvalue weighted by Gasteiger charge is 2.06.